The molecule has 168 valence electrons. The minimum Gasteiger partial charge on any atom is -0.491 e. The molecule has 32 heavy (non-hydrogen) atoms. The van der Waals surface area contributed by atoms with Gasteiger partial charge >= 0.3 is 0 Å². The van der Waals surface area contributed by atoms with Crippen LogP contribution in [0.15, 0.2) is 52.7 Å². The van der Waals surface area contributed by atoms with Crippen LogP contribution in [0.3, 0.4) is 0 Å². The first-order valence-corrected chi connectivity index (χ1v) is 11.8. The van der Waals surface area contributed by atoms with Gasteiger partial charge in [0.2, 0.25) is 16.0 Å². The van der Waals surface area contributed by atoms with E-state index in [-0.39, 0.29) is 18.3 Å². The number of carbonyl (C=O) groups is 1. The maximum atomic E-state index is 12.7. The van der Waals surface area contributed by atoms with Gasteiger partial charge in [0.25, 0.3) is 5.91 Å². The number of rotatable bonds is 7. The predicted octanol–water partition coefficient (Wildman–Crippen LogP) is 1.24. The van der Waals surface area contributed by atoms with Crippen molar-refractivity contribution in [1.82, 2.24) is 19.5 Å². The molecule has 0 atom stereocenters. The van der Waals surface area contributed by atoms with Gasteiger partial charge in [0.05, 0.1) is 24.5 Å². The highest BCUT2D eigenvalue weighted by Gasteiger charge is 2.32. The summed E-state index contributed by atoms with van der Waals surface area (Å²) in [5.74, 6) is 1.27. The van der Waals surface area contributed by atoms with Gasteiger partial charge in [-0.3, -0.25) is 25.0 Å². The van der Waals surface area contributed by atoms with E-state index in [4.69, 9.17) is 4.74 Å². The van der Waals surface area contributed by atoms with Gasteiger partial charge in [-0.25, -0.2) is 17.7 Å². The van der Waals surface area contributed by atoms with Crippen LogP contribution in [-0.2, 0) is 10.0 Å². The Balaban J connectivity index is 1.55. The van der Waals surface area contributed by atoms with Crippen LogP contribution < -0.4 is 10.1 Å². The Labute approximate surface area is 186 Å². The van der Waals surface area contributed by atoms with Crippen molar-refractivity contribution in [2.45, 2.75) is 6.42 Å². The number of carbonyl (C=O) groups excluding carboxylic acids is 1. The first kappa shape index (κ1) is 21.9. The molecule has 0 saturated carbocycles. The smallest absolute Gasteiger partial charge is 0.259 e. The monoisotopic (exact) mass is 456 g/mol. The second kappa shape index (κ2) is 9.05. The summed E-state index contributed by atoms with van der Waals surface area (Å²) in [5.41, 5.74) is 1.78. The molecule has 2 aromatic rings. The summed E-state index contributed by atoms with van der Waals surface area (Å²) in [6, 6.07) is 8.89. The van der Waals surface area contributed by atoms with Crippen molar-refractivity contribution in [3.05, 3.63) is 53.9 Å². The SMILES string of the molecule is CN(C)S(=O)(=O)CCCOc1cccc2c1N=C(NC(=O)c1cccnc1)N1CCN=C21. The highest BCUT2D eigenvalue weighted by molar-refractivity contribution is 7.89. The fourth-order valence-electron chi connectivity index (χ4n) is 3.36. The Kier molecular flexibility index (Phi) is 6.19. The summed E-state index contributed by atoms with van der Waals surface area (Å²) < 4.78 is 31.0. The summed E-state index contributed by atoms with van der Waals surface area (Å²) in [6.45, 7) is 1.41. The van der Waals surface area contributed by atoms with Gasteiger partial charge in [-0.05, 0) is 30.7 Å². The van der Waals surface area contributed by atoms with Crippen LogP contribution in [-0.4, -0.2) is 79.9 Å². The van der Waals surface area contributed by atoms with Crippen LogP contribution in [0.5, 0.6) is 5.75 Å². The van der Waals surface area contributed by atoms with Crippen molar-refractivity contribution in [3.8, 4) is 5.75 Å². The lowest BCUT2D eigenvalue weighted by Crippen LogP contribution is -2.47. The number of hydrogen-bond acceptors (Lipinski definition) is 8. The average molecular weight is 457 g/mol. The van der Waals surface area contributed by atoms with E-state index in [1.807, 2.05) is 17.0 Å². The Morgan fingerprint density at radius 1 is 1.25 bits per heavy atom. The second-order valence-electron chi connectivity index (χ2n) is 7.44. The fourth-order valence-corrected chi connectivity index (χ4v) is 4.20. The first-order valence-electron chi connectivity index (χ1n) is 10.2. The molecule has 0 bridgehead atoms. The molecular weight excluding hydrogens is 432 g/mol. The number of guanidine groups is 1. The molecule has 0 unspecified atom stereocenters. The van der Waals surface area contributed by atoms with Crippen LogP contribution >= 0.6 is 0 Å². The highest BCUT2D eigenvalue weighted by Crippen LogP contribution is 2.36. The van der Waals surface area contributed by atoms with Gasteiger partial charge in [0, 0.05) is 38.6 Å². The van der Waals surface area contributed by atoms with E-state index in [1.54, 1.807) is 24.4 Å². The first-order chi connectivity index (χ1) is 15.4. The van der Waals surface area contributed by atoms with E-state index in [2.05, 4.69) is 20.3 Å². The predicted molar refractivity (Wildman–Crippen MR) is 121 cm³/mol. The van der Waals surface area contributed by atoms with Gasteiger partial charge < -0.3 is 4.74 Å². The lowest BCUT2D eigenvalue weighted by atomic mass is 10.1. The van der Waals surface area contributed by atoms with Crippen molar-refractivity contribution in [2.75, 3.05) is 39.5 Å². The molecule has 1 aromatic carbocycles. The fraction of sp³-hybridized carbons (Fsp3) is 0.333. The number of aliphatic imine (C=N–C) groups is 2. The van der Waals surface area contributed by atoms with Gasteiger partial charge in [0.1, 0.15) is 17.3 Å². The molecule has 0 radical (unpaired) electrons. The van der Waals surface area contributed by atoms with Gasteiger partial charge in [-0.2, -0.15) is 0 Å². The van der Waals surface area contributed by atoms with E-state index in [0.717, 1.165) is 11.4 Å². The maximum absolute atomic E-state index is 12.7. The lowest BCUT2D eigenvalue weighted by molar-refractivity contribution is 0.0973. The minimum atomic E-state index is -3.28. The zero-order valence-corrected chi connectivity index (χ0v) is 18.7. The van der Waals surface area contributed by atoms with E-state index in [1.165, 1.54) is 24.6 Å². The van der Waals surface area contributed by atoms with Crippen LogP contribution in [0, 0.1) is 0 Å². The third-order valence-corrected chi connectivity index (χ3v) is 6.98. The normalized spacial score (nSPS) is 15.0. The Morgan fingerprint density at radius 2 is 2.09 bits per heavy atom. The number of aromatic nitrogens is 1. The van der Waals surface area contributed by atoms with E-state index in [0.29, 0.717) is 42.5 Å². The third-order valence-electron chi connectivity index (χ3n) is 5.06. The zero-order valence-electron chi connectivity index (χ0n) is 17.9. The number of amides is 1. The van der Waals surface area contributed by atoms with Gasteiger partial charge in [-0.1, -0.05) is 6.07 Å². The van der Waals surface area contributed by atoms with Crippen LogP contribution in [0.1, 0.15) is 22.3 Å². The lowest BCUT2D eigenvalue weighted by Gasteiger charge is -2.28. The Bertz CT molecular complexity index is 1180. The van der Waals surface area contributed by atoms with Crippen molar-refractivity contribution in [3.63, 3.8) is 0 Å². The van der Waals surface area contributed by atoms with Crippen LogP contribution in [0.2, 0.25) is 0 Å². The summed E-state index contributed by atoms with van der Waals surface area (Å²) in [4.78, 5) is 27.8. The third kappa shape index (κ3) is 4.48. The minimum absolute atomic E-state index is 0.00873. The number of pyridine rings is 1. The highest BCUT2D eigenvalue weighted by atomic mass is 32.2. The Hall–Kier alpha value is -3.31. The molecule has 4 rings (SSSR count). The zero-order chi connectivity index (χ0) is 22.7. The van der Waals surface area contributed by atoms with Crippen molar-refractivity contribution < 1.29 is 17.9 Å². The van der Waals surface area contributed by atoms with Crippen molar-refractivity contribution >= 4 is 33.4 Å². The van der Waals surface area contributed by atoms with E-state index < -0.39 is 10.0 Å². The molecule has 3 heterocycles. The number of amidine groups is 1. The molecular formula is C21H24N6O4S. The molecule has 0 saturated heterocycles. The van der Waals surface area contributed by atoms with E-state index >= 15 is 0 Å². The number of nitrogens with zero attached hydrogens (tertiary/aromatic N) is 5. The molecule has 0 aliphatic carbocycles. The number of para-hydroxylation sites is 1. The second-order valence-corrected chi connectivity index (χ2v) is 9.74. The molecule has 0 spiro atoms. The molecule has 1 aromatic heterocycles. The van der Waals surface area contributed by atoms with Gasteiger partial charge in [-0.15, -0.1) is 0 Å². The molecule has 2 aliphatic rings. The molecule has 0 fully saturated rings. The molecule has 10 nitrogen and oxygen atoms in total. The van der Waals surface area contributed by atoms with Crippen molar-refractivity contribution in [1.29, 1.82) is 0 Å². The molecule has 1 amide bonds. The van der Waals surface area contributed by atoms with E-state index in [9.17, 15) is 13.2 Å². The number of hydrogen-bond donors (Lipinski definition) is 1. The molecule has 2 aliphatic heterocycles. The summed E-state index contributed by atoms with van der Waals surface area (Å²) >= 11 is 0. The van der Waals surface area contributed by atoms with Crippen LogP contribution in [0.4, 0.5) is 5.69 Å². The summed E-state index contributed by atoms with van der Waals surface area (Å²) in [5, 5.41) is 2.85. The number of benzene rings is 1. The average Bonchev–Trinajstić information content (AvgIpc) is 3.28. The topological polar surface area (TPSA) is 117 Å². The molecule has 1 N–H and O–H groups in total. The maximum Gasteiger partial charge on any atom is 0.259 e. The Morgan fingerprint density at radius 3 is 2.84 bits per heavy atom. The number of sulfonamides is 1. The largest absolute Gasteiger partial charge is 0.491 e. The van der Waals surface area contributed by atoms with Gasteiger partial charge in [0.15, 0.2) is 0 Å². The summed E-state index contributed by atoms with van der Waals surface area (Å²) in [6.07, 6.45) is 3.43. The standard InChI is InChI=1S/C21H24N6O4S/c1-26(2)32(29,30)13-5-12-31-17-8-3-7-16-18(17)24-21(27-11-10-23-19(16)27)25-20(28)15-6-4-9-22-14-15/h3-4,6-9,14H,5,10-13H2,1-2H3,(H,24,25,28). The van der Waals surface area contributed by atoms with Crippen molar-refractivity contribution in [2.24, 2.45) is 9.98 Å². The quantitative estimate of drug-likeness (QED) is 0.627. The van der Waals surface area contributed by atoms with Crippen LogP contribution in [0.25, 0.3) is 0 Å². The summed E-state index contributed by atoms with van der Waals surface area (Å²) in [7, 11) is -0.267. The number of nitrogens with one attached hydrogen (secondary N) is 1. The molecule has 11 heteroatoms. The number of ether oxygens (including phenoxy) is 1. The number of fused-ring (bicyclic) bond motifs is 3.